The molecule has 6 nitrogen and oxygen atoms in total. The number of carbonyl (C=O) groups is 2. The maximum Gasteiger partial charge on any atom is 0.417 e. The van der Waals surface area contributed by atoms with Crippen molar-refractivity contribution in [2.75, 3.05) is 19.5 Å². The first-order valence-electron chi connectivity index (χ1n) is 8.47. The number of alkyl halides is 5. The number of benzene rings is 2. The van der Waals surface area contributed by atoms with Gasteiger partial charge in [0.15, 0.2) is 11.5 Å². The normalized spacial score (nSPS) is 11.8. The highest BCUT2D eigenvalue weighted by Crippen LogP contribution is 2.36. The molecule has 0 aliphatic rings. The van der Waals surface area contributed by atoms with Crippen LogP contribution >= 0.6 is 0 Å². The molecule has 0 aromatic heterocycles. The first-order chi connectivity index (χ1) is 14.6. The second kappa shape index (κ2) is 9.92. The lowest BCUT2D eigenvalue weighted by atomic mass is 10.0. The number of methoxy groups -OCH3 is 2. The Kier molecular flexibility index (Phi) is 7.56. The van der Waals surface area contributed by atoms with Gasteiger partial charge in [-0.1, -0.05) is 30.3 Å². The molecule has 0 atom stereocenters. The third-order valence-corrected chi connectivity index (χ3v) is 3.85. The smallest absolute Gasteiger partial charge is 0.417 e. The standard InChI is InChI=1S/C20H16F5NO5/c1-29-15-8-12(18(28)30-2)14(10-16(15)31-19(21)22)26-17(27)9-13(20(23,24)25)11-6-4-3-5-7-11/h3-10,19H,1-2H3,(H,26,27)/b13-9-. The minimum absolute atomic E-state index is 0.269. The van der Waals surface area contributed by atoms with Gasteiger partial charge in [0, 0.05) is 18.2 Å². The van der Waals surface area contributed by atoms with Crippen molar-refractivity contribution in [3.63, 3.8) is 0 Å². The first-order valence-corrected chi connectivity index (χ1v) is 8.47. The molecule has 166 valence electrons. The lowest BCUT2D eigenvalue weighted by Gasteiger charge is -2.16. The first kappa shape index (κ1) is 23.6. The topological polar surface area (TPSA) is 73.9 Å². The molecule has 1 N–H and O–H groups in total. The third-order valence-electron chi connectivity index (χ3n) is 3.85. The Morgan fingerprint density at radius 3 is 2.19 bits per heavy atom. The zero-order valence-electron chi connectivity index (χ0n) is 16.1. The van der Waals surface area contributed by atoms with E-state index < -0.39 is 41.7 Å². The van der Waals surface area contributed by atoms with Crippen molar-refractivity contribution in [3.05, 3.63) is 59.7 Å². The maximum atomic E-state index is 13.4. The van der Waals surface area contributed by atoms with E-state index in [0.29, 0.717) is 0 Å². The Balaban J connectivity index is 2.50. The molecule has 0 radical (unpaired) electrons. The zero-order valence-corrected chi connectivity index (χ0v) is 16.1. The summed E-state index contributed by atoms with van der Waals surface area (Å²) in [4.78, 5) is 24.3. The molecule has 0 heterocycles. The summed E-state index contributed by atoms with van der Waals surface area (Å²) in [5.74, 6) is -3.10. The van der Waals surface area contributed by atoms with Crippen LogP contribution in [-0.4, -0.2) is 38.9 Å². The Labute approximate surface area is 173 Å². The largest absolute Gasteiger partial charge is 0.493 e. The molecule has 1 amide bonds. The van der Waals surface area contributed by atoms with Crippen LogP contribution in [0.1, 0.15) is 15.9 Å². The van der Waals surface area contributed by atoms with E-state index in [1.165, 1.54) is 18.2 Å². The number of esters is 1. The van der Waals surface area contributed by atoms with E-state index in [1.807, 2.05) is 0 Å². The van der Waals surface area contributed by atoms with Crippen LogP contribution < -0.4 is 14.8 Å². The molecule has 2 rings (SSSR count). The SMILES string of the molecule is COC(=O)c1cc(OC)c(OC(F)F)cc1NC(=O)/C=C(/c1ccccc1)C(F)(F)F. The van der Waals surface area contributed by atoms with Gasteiger partial charge in [-0.2, -0.15) is 22.0 Å². The van der Waals surface area contributed by atoms with Gasteiger partial charge < -0.3 is 19.5 Å². The van der Waals surface area contributed by atoms with Crippen molar-refractivity contribution in [2.24, 2.45) is 0 Å². The molecule has 11 heteroatoms. The Bertz CT molecular complexity index is 974. The number of allylic oxidation sites excluding steroid dienone is 1. The molecule has 0 spiro atoms. The number of anilines is 1. The fourth-order valence-corrected chi connectivity index (χ4v) is 2.54. The van der Waals surface area contributed by atoms with Gasteiger partial charge in [0.2, 0.25) is 5.91 Å². The summed E-state index contributed by atoms with van der Waals surface area (Å²) in [6.45, 7) is -3.27. The molecule has 0 saturated heterocycles. The van der Waals surface area contributed by atoms with Crippen molar-refractivity contribution in [1.82, 2.24) is 0 Å². The lowest BCUT2D eigenvalue weighted by molar-refractivity contribution is -0.112. The average Bonchev–Trinajstić information content (AvgIpc) is 2.71. The number of amides is 1. The summed E-state index contributed by atoms with van der Waals surface area (Å²) in [5.41, 5.74) is -2.28. The zero-order chi connectivity index (χ0) is 23.2. The molecule has 2 aromatic carbocycles. The van der Waals surface area contributed by atoms with E-state index in [1.54, 1.807) is 0 Å². The van der Waals surface area contributed by atoms with E-state index in [2.05, 4.69) is 14.8 Å². The molecule has 2 aromatic rings. The fraction of sp³-hybridized carbons (Fsp3) is 0.200. The second-order valence-electron chi connectivity index (χ2n) is 5.83. The monoisotopic (exact) mass is 445 g/mol. The Morgan fingerprint density at radius 2 is 1.68 bits per heavy atom. The number of halogens is 5. The summed E-state index contributed by atoms with van der Waals surface area (Å²) >= 11 is 0. The number of carbonyl (C=O) groups excluding carboxylic acids is 2. The van der Waals surface area contributed by atoms with Crippen molar-refractivity contribution < 1.29 is 45.8 Å². The predicted octanol–water partition coefficient (Wildman–Crippen LogP) is 4.67. The van der Waals surface area contributed by atoms with Gasteiger partial charge in [-0.05, 0) is 5.56 Å². The molecule has 0 aliphatic heterocycles. The average molecular weight is 445 g/mol. The van der Waals surface area contributed by atoms with Gasteiger partial charge in [0.25, 0.3) is 0 Å². The van der Waals surface area contributed by atoms with Crippen LogP contribution in [0.2, 0.25) is 0 Å². The quantitative estimate of drug-likeness (QED) is 0.381. The predicted molar refractivity (Wildman–Crippen MR) is 100 cm³/mol. The van der Waals surface area contributed by atoms with Crippen LogP contribution in [0.15, 0.2) is 48.5 Å². The van der Waals surface area contributed by atoms with Crippen LogP contribution in [0, 0.1) is 0 Å². The van der Waals surface area contributed by atoms with Crippen molar-refractivity contribution in [3.8, 4) is 11.5 Å². The number of hydrogen-bond donors (Lipinski definition) is 1. The Morgan fingerprint density at radius 1 is 1.03 bits per heavy atom. The minimum atomic E-state index is -4.87. The maximum absolute atomic E-state index is 13.4. The van der Waals surface area contributed by atoms with Gasteiger partial charge in [0.05, 0.1) is 31.0 Å². The highest BCUT2D eigenvalue weighted by molar-refractivity contribution is 6.08. The fourth-order valence-electron chi connectivity index (χ4n) is 2.54. The van der Waals surface area contributed by atoms with Gasteiger partial charge in [0.1, 0.15) is 0 Å². The van der Waals surface area contributed by atoms with Crippen LogP contribution in [0.25, 0.3) is 5.57 Å². The lowest BCUT2D eigenvalue weighted by Crippen LogP contribution is -2.18. The molecule has 0 unspecified atom stereocenters. The van der Waals surface area contributed by atoms with Crippen molar-refractivity contribution in [2.45, 2.75) is 12.8 Å². The van der Waals surface area contributed by atoms with Crippen LogP contribution in [0.5, 0.6) is 11.5 Å². The van der Waals surface area contributed by atoms with Crippen LogP contribution in [-0.2, 0) is 9.53 Å². The van der Waals surface area contributed by atoms with Gasteiger partial charge in [-0.25, -0.2) is 4.79 Å². The van der Waals surface area contributed by atoms with Gasteiger partial charge in [-0.3, -0.25) is 4.79 Å². The van der Waals surface area contributed by atoms with E-state index >= 15 is 0 Å². The summed E-state index contributed by atoms with van der Waals surface area (Å²) < 4.78 is 79.3. The number of rotatable bonds is 7. The number of hydrogen-bond acceptors (Lipinski definition) is 5. The van der Waals surface area contributed by atoms with Gasteiger partial charge >= 0.3 is 18.8 Å². The molecule has 0 fully saturated rings. The van der Waals surface area contributed by atoms with E-state index in [9.17, 15) is 31.5 Å². The van der Waals surface area contributed by atoms with Gasteiger partial charge in [-0.15, -0.1) is 0 Å². The number of ether oxygens (including phenoxy) is 3. The highest BCUT2D eigenvalue weighted by atomic mass is 19.4. The van der Waals surface area contributed by atoms with E-state index in [0.717, 1.165) is 38.5 Å². The molecule has 0 aliphatic carbocycles. The highest BCUT2D eigenvalue weighted by Gasteiger charge is 2.35. The summed E-state index contributed by atoms with van der Waals surface area (Å²) in [7, 11) is 2.13. The van der Waals surface area contributed by atoms with E-state index in [4.69, 9.17) is 4.74 Å². The molecule has 31 heavy (non-hydrogen) atoms. The third kappa shape index (κ3) is 6.17. The molecule has 0 bridgehead atoms. The van der Waals surface area contributed by atoms with Crippen LogP contribution in [0.3, 0.4) is 0 Å². The molecule has 0 saturated carbocycles. The summed E-state index contributed by atoms with van der Waals surface area (Å²) in [6.07, 6.45) is -4.58. The van der Waals surface area contributed by atoms with Crippen LogP contribution in [0.4, 0.5) is 27.6 Å². The van der Waals surface area contributed by atoms with E-state index in [-0.39, 0.29) is 23.0 Å². The molecular formula is C20H16F5NO5. The minimum Gasteiger partial charge on any atom is -0.493 e. The van der Waals surface area contributed by atoms with Crippen molar-refractivity contribution in [1.29, 1.82) is 0 Å². The molecular weight excluding hydrogens is 429 g/mol. The number of nitrogens with one attached hydrogen (secondary N) is 1. The Hall–Kier alpha value is -3.63. The summed E-state index contributed by atoms with van der Waals surface area (Å²) in [5, 5.41) is 2.07. The van der Waals surface area contributed by atoms with Crippen molar-refractivity contribution >= 4 is 23.1 Å². The summed E-state index contributed by atoms with van der Waals surface area (Å²) in [6, 6.07) is 8.31. The second-order valence-corrected chi connectivity index (χ2v) is 5.83.